The number of rotatable bonds is 8. The molecule has 5 nitrogen and oxygen atoms in total. The van der Waals surface area contributed by atoms with Gasteiger partial charge in [0.25, 0.3) is 10.0 Å². The van der Waals surface area contributed by atoms with Gasteiger partial charge < -0.3 is 10.0 Å². The maximum Gasteiger partial charge on any atom is 0.252 e. The van der Waals surface area contributed by atoms with Crippen LogP contribution in [0.15, 0.2) is 16.3 Å². The maximum atomic E-state index is 12.3. The van der Waals surface area contributed by atoms with Crippen LogP contribution < -0.4 is 0 Å². The van der Waals surface area contributed by atoms with E-state index >= 15 is 0 Å². The molecule has 1 rings (SSSR count). The van der Waals surface area contributed by atoms with Crippen molar-refractivity contribution in [1.29, 1.82) is 0 Å². The minimum Gasteiger partial charge on any atom is -0.396 e. The van der Waals surface area contributed by atoms with E-state index < -0.39 is 10.0 Å². The topological polar surface area (TPSA) is 60.9 Å². The molecule has 0 atom stereocenters. The highest BCUT2D eigenvalue weighted by molar-refractivity contribution is 7.91. The molecule has 110 valence electrons. The number of hydrogen-bond acceptors (Lipinski definition) is 5. The Balaban J connectivity index is 2.67. The molecule has 0 bridgehead atoms. The first-order valence-electron chi connectivity index (χ1n) is 6.18. The Morgan fingerprint density at radius 1 is 1.21 bits per heavy atom. The van der Waals surface area contributed by atoms with Gasteiger partial charge in [0, 0.05) is 31.5 Å². The Morgan fingerprint density at radius 3 is 2.47 bits per heavy atom. The maximum absolute atomic E-state index is 12.3. The summed E-state index contributed by atoms with van der Waals surface area (Å²) >= 11 is 1.23. The lowest BCUT2D eigenvalue weighted by Crippen LogP contribution is -2.29. The summed E-state index contributed by atoms with van der Waals surface area (Å²) in [6.07, 6.45) is 1.31. The van der Waals surface area contributed by atoms with E-state index in [1.165, 1.54) is 15.6 Å². The zero-order chi connectivity index (χ0) is 14.5. The molecule has 0 unspecified atom stereocenters. The van der Waals surface area contributed by atoms with Crippen molar-refractivity contribution in [3.05, 3.63) is 17.0 Å². The minimum atomic E-state index is -3.38. The molecular formula is C12H22N2O3S2. The van der Waals surface area contributed by atoms with Crippen LogP contribution in [0.2, 0.25) is 0 Å². The summed E-state index contributed by atoms with van der Waals surface area (Å²) in [5, 5.41) is 8.85. The third-order valence-corrected chi connectivity index (χ3v) is 6.21. The molecule has 0 saturated heterocycles. The fourth-order valence-electron chi connectivity index (χ4n) is 1.62. The van der Waals surface area contributed by atoms with E-state index in [-0.39, 0.29) is 6.61 Å². The Kier molecular flexibility index (Phi) is 6.41. The Morgan fingerprint density at radius 2 is 1.89 bits per heavy atom. The fraction of sp³-hybridized carbons (Fsp3) is 0.667. The Hall–Kier alpha value is -0.470. The van der Waals surface area contributed by atoms with Gasteiger partial charge in [0.1, 0.15) is 4.21 Å². The lowest BCUT2D eigenvalue weighted by atomic mass is 10.4. The summed E-state index contributed by atoms with van der Waals surface area (Å²) in [7, 11) is 2.16. The van der Waals surface area contributed by atoms with Crippen LogP contribution in [-0.4, -0.2) is 63.6 Å². The molecule has 1 aromatic rings. The molecule has 0 fully saturated rings. The van der Waals surface area contributed by atoms with Gasteiger partial charge in [-0.3, -0.25) is 0 Å². The normalized spacial score (nSPS) is 12.5. The van der Waals surface area contributed by atoms with Crippen molar-refractivity contribution in [2.24, 2.45) is 0 Å². The van der Waals surface area contributed by atoms with Crippen molar-refractivity contribution in [3.63, 3.8) is 0 Å². The quantitative estimate of drug-likeness (QED) is 0.774. The van der Waals surface area contributed by atoms with E-state index in [4.69, 9.17) is 5.11 Å². The van der Waals surface area contributed by atoms with Crippen molar-refractivity contribution in [3.8, 4) is 0 Å². The van der Waals surface area contributed by atoms with Gasteiger partial charge in [0.15, 0.2) is 0 Å². The molecule has 0 aliphatic heterocycles. The first-order valence-corrected chi connectivity index (χ1v) is 8.44. The van der Waals surface area contributed by atoms with Crippen molar-refractivity contribution in [1.82, 2.24) is 9.21 Å². The largest absolute Gasteiger partial charge is 0.396 e. The predicted octanol–water partition coefficient (Wildman–Crippen LogP) is 0.855. The second kappa shape index (κ2) is 7.35. The Labute approximate surface area is 119 Å². The van der Waals surface area contributed by atoms with Crippen LogP contribution in [0, 0.1) is 0 Å². The fourth-order valence-corrected chi connectivity index (χ4v) is 4.39. The lowest BCUT2D eigenvalue weighted by molar-refractivity contribution is 0.300. The summed E-state index contributed by atoms with van der Waals surface area (Å²) in [6, 6.07) is 3.38. The molecule has 1 heterocycles. The molecule has 0 radical (unpaired) electrons. The molecule has 19 heavy (non-hydrogen) atoms. The summed E-state index contributed by atoms with van der Waals surface area (Å²) in [5.74, 6) is 0. The van der Waals surface area contributed by atoms with Gasteiger partial charge in [0.2, 0.25) is 0 Å². The number of aliphatic hydroxyl groups is 1. The standard InChI is InChI=1S/C12H22N2O3S2/c1-13(2)8-4-9-14(3)19(16,17)12-6-5-11(18-12)7-10-15/h5-6,15H,4,7-10H2,1-3H3. The van der Waals surface area contributed by atoms with E-state index in [9.17, 15) is 8.42 Å². The molecule has 0 saturated carbocycles. The monoisotopic (exact) mass is 306 g/mol. The molecule has 0 aliphatic rings. The van der Waals surface area contributed by atoms with Gasteiger partial charge in [-0.2, -0.15) is 0 Å². The number of hydrogen-bond donors (Lipinski definition) is 1. The van der Waals surface area contributed by atoms with E-state index in [0.29, 0.717) is 17.2 Å². The summed E-state index contributed by atoms with van der Waals surface area (Å²) in [5.41, 5.74) is 0. The van der Waals surface area contributed by atoms with Crippen LogP contribution in [0.25, 0.3) is 0 Å². The van der Waals surface area contributed by atoms with Gasteiger partial charge in [-0.25, -0.2) is 12.7 Å². The second-order valence-corrected chi connectivity index (χ2v) is 8.12. The minimum absolute atomic E-state index is 0.0404. The summed E-state index contributed by atoms with van der Waals surface area (Å²) in [6.45, 7) is 1.41. The third-order valence-electron chi connectivity index (χ3n) is 2.74. The zero-order valence-corrected chi connectivity index (χ0v) is 13.3. The van der Waals surface area contributed by atoms with Crippen molar-refractivity contribution >= 4 is 21.4 Å². The highest BCUT2D eigenvalue weighted by Gasteiger charge is 2.22. The lowest BCUT2D eigenvalue weighted by Gasteiger charge is -2.17. The van der Waals surface area contributed by atoms with Crippen LogP contribution in [0.4, 0.5) is 0 Å². The van der Waals surface area contributed by atoms with E-state index in [0.717, 1.165) is 17.8 Å². The van der Waals surface area contributed by atoms with Gasteiger partial charge in [-0.15, -0.1) is 11.3 Å². The highest BCUT2D eigenvalue weighted by Crippen LogP contribution is 2.24. The number of aliphatic hydroxyl groups excluding tert-OH is 1. The van der Waals surface area contributed by atoms with Gasteiger partial charge >= 0.3 is 0 Å². The summed E-state index contributed by atoms with van der Waals surface area (Å²) in [4.78, 5) is 2.92. The molecule has 0 amide bonds. The van der Waals surface area contributed by atoms with Crippen LogP contribution in [0.5, 0.6) is 0 Å². The van der Waals surface area contributed by atoms with Crippen molar-refractivity contribution in [2.75, 3.05) is 40.8 Å². The third kappa shape index (κ3) is 4.85. The van der Waals surface area contributed by atoms with Crippen LogP contribution in [0.1, 0.15) is 11.3 Å². The molecule has 7 heteroatoms. The van der Waals surface area contributed by atoms with Crippen molar-refractivity contribution < 1.29 is 13.5 Å². The second-order valence-electron chi connectivity index (χ2n) is 4.68. The molecule has 0 spiro atoms. The van der Waals surface area contributed by atoms with Gasteiger partial charge in [0.05, 0.1) is 0 Å². The summed E-state index contributed by atoms with van der Waals surface area (Å²) < 4.78 is 26.3. The highest BCUT2D eigenvalue weighted by atomic mass is 32.2. The number of sulfonamides is 1. The molecular weight excluding hydrogens is 284 g/mol. The smallest absolute Gasteiger partial charge is 0.252 e. The zero-order valence-electron chi connectivity index (χ0n) is 11.7. The van der Waals surface area contributed by atoms with Gasteiger partial charge in [-0.1, -0.05) is 0 Å². The molecule has 0 aliphatic carbocycles. The molecule has 1 N–H and O–H groups in total. The number of nitrogens with zero attached hydrogens (tertiary/aromatic N) is 2. The SMILES string of the molecule is CN(C)CCCN(C)S(=O)(=O)c1ccc(CCO)s1. The predicted molar refractivity (Wildman–Crippen MR) is 78.1 cm³/mol. The van der Waals surface area contributed by atoms with Crippen LogP contribution in [0.3, 0.4) is 0 Å². The molecule has 0 aromatic carbocycles. The first kappa shape index (κ1) is 16.6. The first-order chi connectivity index (χ1) is 8.87. The van der Waals surface area contributed by atoms with E-state index in [1.807, 2.05) is 19.0 Å². The average Bonchev–Trinajstić information content (AvgIpc) is 2.78. The van der Waals surface area contributed by atoms with Crippen molar-refractivity contribution in [2.45, 2.75) is 17.1 Å². The Bertz CT molecular complexity index is 483. The van der Waals surface area contributed by atoms with E-state index in [2.05, 4.69) is 0 Å². The average molecular weight is 306 g/mol. The molecule has 1 aromatic heterocycles. The van der Waals surface area contributed by atoms with Crippen LogP contribution >= 0.6 is 11.3 Å². The van der Waals surface area contributed by atoms with E-state index in [1.54, 1.807) is 19.2 Å². The van der Waals surface area contributed by atoms with Crippen LogP contribution in [-0.2, 0) is 16.4 Å². The number of thiophene rings is 1. The van der Waals surface area contributed by atoms with Gasteiger partial charge in [-0.05, 0) is 39.2 Å².